The van der Waals surface area contributed by atoms with Crippen LogP contribution in [-0.4, -0.2) is 4.33 Å². The Labute approximate surface area is 95.4 Å². The number of nitriles is 1. The summed E-state index contributed by atoms with van der Waals surface area (Å²) in [6.45, 7) is 0. The van der Waals surface area contributed by atoms with Gasteiger partial charge >= 0.3 is 0 Å². The fraction of sp³-hybridized carbons (Fsp3) is 0.222. The summed E-state index contributed by atoms with van der Waals surface area (Å²) in [5, 5.41) is 8.62. The highest BCUT2D eigenvalue weighted by Crippen LogP contribution is 2.28. The number of halogens is 3. The third-order valence-corrected chi connectivity index (χ3v) is 2.74. The minimum atomic E-state index is -1.34. The molecule has 13 heavy (non-hydrogen) atoms. The van der Waals surface area contributed by atoms with E-state index >= 15 is 0 Å². The second kappa shape index (κ2) is 4.32. The Bertz CT molecular complexity index is 344. The molecule has 0 heterocycles. The maximum absolute atomic E-state index is 8.62. The van der Waals surface area contributed by atoms with Crippen LogP contribution in [-0.2, 0) is 6.42 Å². The first-order valence-corrected chi connectivity index (χ1v) is 5.12. The van der Waals surface area contributed by atoms with Crippen LogP contribution >= 0.6 is 39.1 Å². The summed E-state index contributed by atoms with van der Waals surface area (Å²) in [5.74, 6) is 0. The van der Waals surface area contributed by atoms with Gasteiger partial charge in [0.1, 0.15) is 6.07 Å². The van der Waals surface area contributed by atoms with Gasteiger partial charge in [0.05, 0.1) is 0 Å². The van der Waals surface area contributed by atoms with Crippen molar-refractivity contribution in [2.75, 3.05) is 0 Å². The summed E-state index contributed by atoms with van der Waals surface area (Å²) in [5.41, 5.74) is 0.925. The number of hydrogen-bond donors (Lipinski definition) is 0. The SMILES string of the molecule is N#CC(Cl)(Cl)Cc1ccccc1Br. The van der Waals surface area contributed by atoms with Crippen molar-refractivity contribution in [3.8, 4) is 6.07 Å². The summed E-state index contributed by atoms with van der Waals surface area (Å²) >= 11 is 14.8. The van der Waals surface area contributed by atoms with Crippen molar-refractivity contribution in [2.24, 2.45) is 0 Å². The average molecular weight is 279 g/mol. The number of benzene rings is 1. The summed E-state index contributed by atoms with van der Waals surface area (Å²) in [7, 11) is 0. The van der Waals surface area contributed by atoms with Gasteiger partial charge in [-0.2, -0.15) is 5.26 Å². The predicted molar refractivity (Wildman–Crippen MR) is 57.9 cm³/mol. The minimum absolute atomic E-state index is 0.314. The zero-order valence-electron chi connectivity index (χ0n) is 6.60. The van der Waals surface area contributed by atoms with E-state index in [1.165, 1.54) is 0 Å². The Morgan fingerprint density at radius 2 is 2.00 bits per heavy atom. The first-order chi connectivity index (χ1) is 6.05. The number of rotatable bonds is 2. The first-order valence-electron chi connectivity index (χ1n) is 3.58. The maximum atomic E-state index is 8.62. The zero-order valence-corrected chi connectivity index (χ0v) is 9.70. The summed E-state index contributed by atoms with van der Waals surface area (Å²) in [6.07, 6.45) is 0.314. The molecule has 0 radical (unpaired) electrons. The van der Waals surface area contributed by atoms with Gasteiger partial charge in [-0.25, -0.2) is 0 Å². The highest BCUT2D eigenvalue weighted by molar-refractivity contribution is 9.10. The van der Waals surface area contributed by atoms with Crippen LogP contribution < -0.4 is 0 Å². The Balaban J connectivity index is 2.88. The first kappa shape index (κ1) is 10.8. The molecule has 68 valence electrons. The van der Waals surface area contributed by atoms with E-state index in [0.717, 1.165) is 10.0 Å². The van der Waals surface area contributed by atoms with Gasteiger partial charge in [0, 0.05) is 10.9 Å². The van der Waals surface area contributed by atoms with Crippen molar-refractivity contribution in [3.63, 3.8) is 0 Å². The minimum Gasteiger partial charge on any atom is -0.195 e. The molecule has 0 unspecified atom stereocenters. The van der Waals surface area contributed by atoms with E-state index < -0.39 is 4.33 Å². The van der Waals surface area contributed by atoms with Gasteiger partial charge in [0.15, 0.2) is 0 Å². The molecule has 0 fully saturated rings. The van der Waals surface area contributed by atoms with E-state index in [1.807, 2.05) is 30.3 Å². The molecule has 1 nitrogen and oxygen atoms in total. The molecule has 4 heteroatoms. The summed E-state index contributed by atoms with van der Waals surface area (Å²) < 4.78 is -0.430. The smallest absolute Gasteiger partial charge is 0.195 e. The van der Waals surface area contributed by atoms with Gasteiger partial charge < -0.3 is 0 Å². The van der Waals surface area contributed by atoms with Crippen molar-refractivity contribution >= 4 is 39.1 Å². The largest absolute Gasteiger partial charge is 0.207 e. The number of nitrogens with zero attached hydrogens (tertiary/aromatic N) is 1. The van der Waals surface area contributed by atoms with Gasteiger partial charge in [-0.1, -0.05) is 57.3 Å². The molecule has 0 aliphatic heterocycles. The predicted octanol–water partition coefficient (Wildman–Crippen LogP) is 3.69. The lowest BCUT2D eigenvalue weighted by atomic mass is 10.1. The van der Waals surface area contributed by atoms with Crippen LogP contribution in [0, 0.1) is 11.3 Å². The summed E-state index contributed by atoms with van der Waals surface area (Å²) in [6, 6.07) is 9.36. The fourth-order valence-electron chi connectivity index (χ4n) is 0.920. The molecule has 0 amide bonds. The van der Waals surface area contributed by atoms with Crippen LogP contribution in [0.2, 0.25) is 0 Å². The average Bonchev–Trinajstić information content (AvgIpc) is 2.09. The van der Waals surface area contributed by atoms with E-state index in [2.05, 4.69) is 15.9 Å². The fourth-order valence-corrected chi connectivity index (χ4v) is 1.63. The van der Waals surface area contributed by atoms with Crippen LogP contribution in [0.3, 0.4) is 0 Å². The van der Waals surface area contributed by atoms with Crippen LogP contribution in [0.5, 0.6) is 0 Å². The molecule has 0 aromatic heterocycles. The summed E-state index contributed by atoms with van der Waals surface area (Å²) in [4.78, 5) is 0. The molecular formula is C9H6BrCl2N. The Morgan fingerprint density at radius 1 is 1.38 bits per heavy atom. The second-order valence-corrected chi connectivity index (χ2v) is 4.92. The van der Waals surface area contributed by atoms with E-state index in [0.29, 0.717) is 6.42 Å². The molecule has 1 aromatic rings. The van der Waals surface area contributed by atoms with E-state index in [9.17, 15) is 0 Å². The third kappa shape index (κ3) is 3.19. The normalized spacial score (nSPS) is 10.9. The molecule has 0 aliphatic carbocycles. The lowest BCUT2D eigenvalue weighted by molar-refractivity contribution is 0.941. The quantitative estimate of drug-likeness (QED) is 0.757. The van der Waals surface area contributed by atoms with E-state index in [4.69, 9.17) is 28.5 Å². The molecule has 0 atom stereocenters. The van der Waals surface area contributed by atoms with Crippen molar-refractivity contribution < 1.29 is 0 Å². The molecule has 0 spiro atoms. The molecule has 0 N–H and O–H groups in total. The second-order valence-electron chi connectivity index (χ2n) is 2.58. The van der Waals surface area contributed by atoms with Crippen molar-refractivity contribution in [3.05, 3.63) is 34.3 Å². The van der Waals surface area contributed by atoms with E-state index in [1.54, 1.807) is 0 Å². The molecule has 0 saturated heterocycles. The van der Waals surface area contributed by atoms with Crippen molar-refractivity contribution in [1.82, 2.24) is 0 Å². The van der Waals surface area contributed by atoms with Crippen LogP contribution in [0.4, 0.5) is 0 Å². The van der Waals surface area contributed by atoms with E-state index in [-0.39, 0.29) is 0 Å². The van der Waals surface area contributed by atoms with Crippen molar-refractivity contribution in [2.45, 2.75) is 10.8 Å². The highest BCUT2D eigenvalue weighted by Gasteiger charge is 2.24. The topological polar surface area (TPSA) is 23.8 Å². The molecule has 0 bridgehead atoms. The molecule has 1 aromatic carbocycles. The number of hydrogen-bond acceptors (Lipinski definition) is 1. The lowest BCUT2D eigenvalue weighted by Crippen LogP contribution is -2.13. The van der Waals surface area contributed by atoms with Gasteiger partial charge in [-0.15, -0.1) is 0 Å². The number of alkyl halides is 2. The maximum Gasteiger partial charge on any atom is 0.207 e. The van der Waals surface area contributed by atoms with Crippen LogP contribution in [0.25, 0.3) is 0 Å². The Morgan fingerprint density at radius 3 is 2.54 bits per heavy atom. The van der Waals surface area contributed by atoms with Crippen LogP contribution in [0.1, 0.15) is 5.56 Å². The highest BCUT2D eigenvalue weighted by atomic mass is 79.9. The van der Waals surface area contributed by atoms with Gasteiger partial charge in [-0.05, 0) is 11.6 Å². The van der Waals surface area contributed by atoms with Gasteiger partial charge in [-0.3, -0.25) is 0 Å². The monoisotopic (exact) mass is 277 g/mol. The molecule has 1 rings (SSSR count). The van der Waals surface area contributed by atoms with Crippen LogP contribution in [0.15, 0.2) is 28.7 Å². The molecular weight excluding hydrogens is 273 g/mol. The molecule has 0 aliphatic rings. The van der Waals surface area contributed by atoms with Crippen molar-refractivity contribution in [1.29, 1.82) is 5.26 Å². The van der Waals surface area contributed by atoms with Gasteiger partial charge in [0.25, 0.3) is 0 Å². The zero-order chi connectivity index (χ0) is 9.90. The lowest BCUT2D eigenvalue weighted by Gasteiger charge is -2.10. The third-order valence-electron chi connectivity index (χ3n) is 1.53. The van der Waals surface area contributed by atoms with Gasteiger partial charge in [0.2, 0.25) is 4.33 Å². The Hall–Kier alpha value is -0.230. The standard InChI is InChI=1S/C9H6BrCl2N/c10-8-4-2-1-3-7(8)5-9(11,12)6-13/h1-4H,5H2. The molecule has 0 saturated carbocycles. The Kier molecular flexibility index (Phi) is 3.61.